The molecule has 0 spiro atoms. The Bertz CT molecular complexity index is 3500. The first-order chi connectivity index (χ1) is 33.1. The second-order valence-corrected chi connectivity index (χ2v) is 27.1. The SMILES string of the molecule is CC(C)(C)c1ccc(N2c3ccc(C(C)(C)C)cc3B3c4sc5c(c4N(c4ccc(C(C)(C)C)cc4)c4cc(-n6c7c(c8ccccc86)C(C)(C)c6ccccc6-7)cc2c43)C2(C)CCC5(C)CC2)cc1. The zero-order chi connectivity index (χ0) is 48.8. The molecule has 0 radical (unpaired) electrons. The molecular weight excluding hydrogens is 866 g/mol. The van der Waals surface area contributed by atoms with Crippen LogP contribution in [0.4, 0.5) is 34.1 Å². The number of hydrogen-bond donors (Lipinski definition) is 0. The van der Waals surface area contributed by atoms with E-state index in [4.69, 9.17) is 0 Å². The van der Waals surface area contributed by atoms with E-state index >= 15 is 0 Å². The highest BCUT2D eigenvalue weighted by Crippen LogP contribution is 2.63. The van der Waals surface area contributed by atoms with Crippen LogP contribution >= 0.6 is 11.3 Å². The highest BCUT2D eigenvalue weighted by atomic mass is 32.1. The maximum Gasteiger partial charge on any atom is 0.264 e. The maximum atomic E-state index is 2.77. The third-order valence-corrected chi connectivity index (χ3v) is 19.5. The molecule has 0 N–H and O–H groups in total. The third kappa shape index (κ3) is 6.00. The van der Waals surface area contributed by atoms with Gasteiger partial charge in [-0.05, 0) is 140 Å². The van der Waals surface area contributed by atoms with Crippen molar-refractivity contribution < 1.29 is 0 Å². The molecule has 70 heavy (non-hydrogen) atoms. The van der Waals surface area contributed by atoms with Crippen molar-refractivity contribution in [3.63, 3.8) is 0 Å². The number of fused-ring (bicyclic) bond motifs is 11. The van der Waals surface area contributed by atoms with Crippen LogP contribution in [0, 0.1) is 0 Å². The lowest BCUT2D eigenvalue weighted by Gasteiger charge is -2.51. The molecule has 0 atom stereocenters. The summed E-state index contributed by atoms with van der Waals surface area (Å²) in [5.74, 6) is 0. The molecule has 5 heteroatoms. The van der Waals surface area contributed by atoms with Gasteiger partial charge in [-0.1, -0.05) is 169 Å². The summed E-state index contributed by atoms with van der Waals surface area (Å²) in [6, 6.07) is 50.3. The van der Waals surface area contributed by atoms with E-state index in [-0.39, 0.29) is 39.2 Å². The summed E-state index contributed by atoms with van der Waals surface area (Å²) in [6.07, 6.45) is 4.99. The summed E-state index contributed by atoms with van der Waals surface area (Å²) < 4.78 is 4.16. The Balaban J connectivity index is 1.20. The molecule has 3 nitrogen and oxygen atoms in total. The molecule has 8 aromatic rings. The van der Waals surface area contributed by atoms with Crippen molar-refractivity contribution in [2.24, 2.45) is 0 Å². The van der Waals surface area contributed by atoms with Crippen molar-refractivity contribution in [1.82, 2.24) is 4.57 Å². The van der Waals surface area contributed by atoms with Crippen LogP contribution in [0.3, 0.4) is 0 Å². The Hall–Kier alpha value is -5.78. The van der Waals surface area contributed by atoms with Crippen LogP contribution in [-0.4, -0.2) is 11.3 Å². The minimum absolute atomic E-state index is 0.0197. The molecule has 2 bridgehead atoms. The summed E-state index contributed by atoms with van der Waals surface area (Å²) in [5, 5.41) is 1.33. The molecule has 4 heterocycles. The van der Waals surface area contributed by atoms with Gasteiger partial charge in [0, 0.05) is 59.9 Å². The van der Waals surface area contributed by atoms with Gasteiger partial charge in [0.25, 0.3) is 6.71 Å². The fourth-order valence-electron chi connectivity index (χ4n) is 13.7. The van der Waals surface area contributed by atoms with Gasteiger partial charge in [0.2, 0.25) is 0 Å². The first kappa shape index (κ1) is 44.2. The van der Waals surface area contributed by atoms with E-state index in [1.54, 1.807) is 10.4 Å². The van der Waals surface area contributed by atoms with Crippen molar-refractivity contribution in [3.05, 3.63) is 166 Å². The number of hydrogen-bond acceptors (Lipinski definition) is 3. The van der Waals surface area contributed by atoms with E-state index in [2.05, 4.69) is 243 Å². The first-order valence-corrected chi connectivity index (χ1v) is 27.0. The monoisotopic (exact) mass is 934 g/mol. The van der Waals surface area contributed by atoms with Gasteiger partial charge >= 0.3 is 0 Å². The van der Waals surface area contributed by atoms with Crippen LogP contribution in [0.5, 0.6) is 0 Å². The summed E-state index contributed by atoms with van der Waals surface area (Å²) in [5.41, 5.74) is 24.4. The minimum atomic E-state index is -0.161. The van der Waals surface area contributed by atoms with E-state index in [9.17, 15) is 0 Å². The second-order valence-electron chi connectivity index (χ2n) is 26.0. The topological polar surface area (TPSA) is 11.4 Å². The lowest BCUT2D eigenvalue weighted by Crippen LogP contribution is -2.61. The lowest BCUT2D eigenvalue weighted by molar-refractivity contribution is 0.193. The molecular formula is C65H68BN3S. The molecule has 0 unspecified atom stereocenters. The lowest BCUT2D eigenvalue weighted by atomic mass is 9.35. The van der Waals surface area contributed by atoms with Crippen molar-refractivity contribution in [2.75, 3.05) is 9.80 Å². The number of anilines is 6. The zero-order valence-corrected chi connectivity index (χ0v) is 44.6. The highest BCUT2D eigenvalue weighted by Gasteiger charge is 2.55. The molecule has 14 rings (SSSR count). The molecule has 4 aliphatic carbocycles. The van der Waals surface area contributed by atoms with E-state index in [0.717, 1.165) is 0 Å². The minimum Gasteiger partial charge on any atom is -0.311 e. The van der Waals surface area contributed by atoms with Crippen LogP contribution in [0.15, 0.2) is 127 Å². The van der Waals surface area contributed by atoms with Crippen molar-refractivity contribution >= 4 is 78.8 Å². The molecule has 2 aliphatic heterocycles. The average Bonchev–Trinajstić information content (AvgIpc) is 3.97. The summed E-state index contributed by atoms with van der Waals surface area (Å²) in [4.78, 5) is 7.06. The number of nitrogens with zero attached hydrogens (tertiary/aromatic N) is 3. The summed E-state index contributed by atoms with van der Waals surface area (Å²) in [7, 11) is 0. The van der Waals surface area contributed by atoms with Gasteiger partial charge in [-0.2, -0.15) is 11.3 Å². The molecule has 6 aromatic carbocycles. The van der Waals surface area contributed by atoms with Crippen LogP contribution < -0.4 is 25.5 Å². The highest BCUT2D eigenvalue weighted by molar-refractivity contribution is 7.29. The standard InChI is InChI=1S/C65H68BN3S/c1-60(2,3)39-22-27-42(28-23-39)67-50-31-26-41(62(7,8)9)36-48(50)66-55-51(67)37-44(69-49-21-17-15-19-46(49)53-56(69)45-18-14-16-20-47(45)63(53,10)11)38-52(55)68(43-29-24-40(25-30-43)61(4,5)6)57-54-58(70-59(57)66)65(13)34-32-64(54,12)33-35-65/h14-31,36-38H,32-35H2,1-13H3. The molecule has 2 aromatic heterocycles. The van der Waals surface area contributed by atoms with Crippen LogP contribution in [0.25, 0.3) is 27.8 Å². The number of rotatable bonds is 3. The van der Waals surface area contributed by atoms with Crippen LogP contribution in [0.1, 0.15) is 154 Å². The van der Waals surface area contributed by atoms with Crippen LogP contribution in [-0.2, 0) is 32.5 Å². The third-order valence-electron chi connectivity index (χ3n) is 17.9. The number of benzene rings is 6. The molecule has 0 amide bonds. The van der Waals surface area contributed by atoms with Gasteiger partial charge in [0.15, 0.2) is 0 Å². The predicted octanol–water partition coefficient (Wildman–Crippen LogP) is 16.1. The van der Waals surface area contributed by atoms with E-state index in [1.807, 2.05) is 0 Å². The van der Waals surface area contributed by atoms with Gasteiger partial charge in [0.1, 0.15) is 0 Å². The van der Waals surface area contributed by atoms with Crippen molar-refractivity contribution in [1.29, 1.82) is 0 Å². The number of para-hydroxylation sites is 1. The summed E-state index contributed by atoms with van der Waals surface area (Å²) in [6.45, 7) is 31.3. The Morgan fingerprint density at radius 2 is 1.06 bits per heavy atom. The van der Waals surface area contributed by atoms with Crippen LogP contribution in [0.2, 0.25) is 0 Å². The summed E-state index contributed by atoms with van der Waals surface area (Å²) >= 11 is 2.17. The smallest absolute Gasteiger partial charge is 0.264 e. The normalized spacial score (nSPS) is 20.6. The fourth-order valence-corrected chi connectivity index (χ4v) is 15.5. The second kappa shape index (κ2) is 14.2. The molecule has 1 fully saturated rings. The zero-order valence-electron chi connectivity index (χ0n) is 43.8. The number of aromatic nitrogens is 1. The number of thiophene rings is 1. The molecule has 6 aliphatic rings. The Morgan fingerprint density at radius 3 is 1.69 bits per heavy atom. The molecule has 352 valence electrons. The van der Waals surface area contributed by atoms with E-state index < -0.39 is 0 Å². The van der Waals surface area contributed by atoms with Gasteiger partial charge in [-0.25, -0.2) is 0 Å². The van der Waals surface area contributed by atoms with Gasteiger partial charge in [0.05, 0.1) is 22.6 Å². The Kier molecular flexibility index (Phi) is 8.97. The van der Waals surface area contributed by atoms with Gasteiger partial charge < -0.3 is 14.4 Å². The van der Waals surface area contributed by atoms with Crippen molar-refractivity contribution in [2.45, 2.75) is 148 Å². The first-order valence-electron chi connectivity index (χ1n) is 26.1. The maximum absolute atomic E-state index is 2.77. The van der Waals surface area contributed by atoms with E-state index in [0.29, 0.717) is 0 Å². The van der Waals surface area contributed by atoms with Gasteiger partial charge in [-0.15, -0.1) is 0 Å². The largest absolute Gasteiger partial charge is 0.311 e. The predicted molar refractivity (Wildman–Crippen MR) is 302 cm³/mol. The Morgan fingerprint density at radius 1 is 0.514 bits per heavy atom. The van der Waals surface area contributed by atoms with Gasteiger partial charge in [-0.3, -0.25) is 0 Å². The fraction of sp³-hybridized carbons (Fsp3) is 0.354. The quantitative estimate of drug-likeness (QED) is 0.164. The van der Waals surface area contributed by atoms with E-state index in [1.165, 1.54) is 131 Å². The molecule has 1 saturated carbocycles. The Labute approximate surface area is 421 Å². The van der Waals surface area contributed by atoms with Crippen molar-refractivity contribution in [3.8, 4) is 16.9 Å². The molecule has 0 saturated heterocycles. The average molecular weight is 934 g/mol.